The van der Waals surface area contributed by atoms with Gasteiger partial charge >= 0.3 is 0 Å². The Hall–Kier alpha value is -3.00. The molecule has 0 fully saturated rings. The maximum atomic E-state index is 12.8. The van der Waals surface area contributed by atoms with Gasteiger partial charge in [0.05, 0.1) is 0 Å². The first-order valence-electron chi connectivity index (χ1n) is 8.67. The number of nitrogens with zero attached hydrogens (tertiary/aromatic N) is 5. The molecule has 3 aromatic rings. The van der Waals surface area contributed by atoms with E-state index in [1.807, 2.05) is 0 Å². The molecule has 0 radical (unpaired) electrons. The van der Waals surface area contributed by atoms with Gasteiger partial charge in [0.25, 0.3) is 11.5 Å². The Kier molecular flexibility index (Phi) is 5.43. The van der Waals surface area contributed by atoms with Gasteiger partial charge in [0.1, 0.15) is 5.69 Å². The lowest BCUT2D eigenvalue weighted by molar-refractivity contribution is 0.0940. The standard InChI is InChI=1S/C18H22N6O2/c1-3-22(4-2)12-11-21-18(26)14-13-16-20-10-8-17(25)24(16)23(14)15-7-5-6-9-19-15/h5-10,13H,3-4,11-12H2,1-2H3,(H,21,26). The molecule has 0 aliphatic carbocycles. The van der Waals surface area contributed by atoms with Gasteiger partial charge in [-0.2, -0.15) is 4.52 Å². The summed E-state index contributed by atoms with van der Waals surface area (Å²) >= 11 is 0. The number of pyridine rings is 1. The Morgan fingerprint density at radius 2 is 1.96 bits per heavy atom. The van der Waals surface area contributed by atoms with Crippen molar-refractivity contribution in [2.45, 2.75) is 13.8 Å². The third-order valence-electron chi connectivity index (χ3n) is 4.25. The van der Waals surface area contributed by atoms with Crippen molar-refractivity contribution >= 4 is 11.6 Å². The van der Waals surface area contributed by atoms with E-state index in [1.165, 1.54) is 21.5 Å². The van der Waals surface area contributed by atoms with Crippen LogP contribution in [0.25, 0.3) is 11.5 Å². The lowest BCUT2D eigenvalue weighted by Gasteiger charge is -2.18. The van der Waals surface area contributed by atoms with Crippen LogP contribution in [0.1, 0.15) is 24.3 Å². The topological polar surface area (TPSA) is 84.5 Å². The summed E-state index contributed by atoms with van der Waals surface area (Å²) in [6, 6.07) is 8.28. The molecule has 0 aliphatic rings. The van der Waals surface area contributed by atoms with Crippen LogP contribution < -0.4 is 10.9 Å². The summed E-state index contributed by atoms with van der Waals surface area (Å²) < 4.78 is 2.85. The van der Waals surface area contributed by atoms with E-state index in [0.29, 0.717) is 23.7 Å². The summed E-state index contributed by atoms with van der Waals surface area (Å²) in [5.41, 5.74) is 0.443. The minimum absolute atomic E-state index is 0.271. The number of hydrogen-bond donors (Lipinski definition) is 1. The van der Waals surface area contributed by atoms with E-state index in [0.717, 1.165) is 19.6 Å². The van der Waals surface area contributed by atoms with Gasteiger partial charge in [-0.1, -0.05) is 19.9 Å². The fraction of sp³-hybridized carbons (Fsp3) is 0.333. The van der Waals surface area contributed by atoms with Crippen LogP contribution in [0.4, 0.5) is 0 Å². The van der Waals surface area contributed by atoms with E-state index < -0.39 is 0 Å². The SMILES string of the molecule is CCN(CC)CCNC(=O)c1cc2nccc(=O)n2n1-c1ccccn1. The van der Waals surface area contributed by atoms with Crippen molar-refractivity contribution in [1.82, 2.24) is 29.4 Å². The van der Waals surface area contributed by atoms with Crippen LogP contribution in [0, 0.1) is 0 Å². The van der Waals surface area contributed by atoms with Crippen molar-refractivity contribution in [2.75, 3.05) is 26.2 Å². The second-order valence-corrected chi connectivity index (χ2v) is 5.77. The van der Waals surface area contributed by atoms with Crippen LogP contribution >= 0.6 is 0 Å². The minimum atomic E-state index is -0.275. The number of fused-ring (bicyclic) bond motifs is 1. The Morgan fingerprint density at radius 3 is 2.65 bits per heavy atom. The number of hydrogen-bond acceptors (Lipinski definition) is 5. The molecule has 26 heavy (non-hydrogen) atoms. The second kappa shape index (κ2) is 7.92. The lowest BCUT2D eigenvalue weighted by atomic mass is 10.3. The average molecular weight is 354 g/mol. The smallest absolute Gasteiger partial charge is 0.273 e. The third-order valence-corrected chi connectivity index (χ3v) is 4.25. The zero-order valence-electron chi connectivity index (χ0n) is 14.9. The summed E-state index contributed by atoms with van der Waals surface area (Å²) in [5, 5.41) is 2.92. The minimum Gasteiger partial charge on any atom is -0.349 e. The first-order chi connectivity index (χ1) is 12.7. The molecule has 3 aromatic heterocycles. The number of rotatable bonds is 7. The fourth-order valence-corrected chi connectivity index (χ4v) is 2.83. The molecule has 0 spiro atoms. The van der Waals surface area contributed by atoms with E-state index in [-0.39, 0.29) is 11.5 Å². The van der Waals surface area contributed by atoms with E-state index in [2.05, 4.69) is 34.0 Å². The highest BCUT2D eigenvalue weighted by Crippen LogP contribution is 2.12. The van der Waals surface area contributed by atoms with Crippen LogP contribution in [0.15, 0.2) is 47.5 Å². The second-order valence-electron chi connectivity index (χ2n) is 5.77. The molecule has 8 heteroatoms. The molecular formula is C18H22N6O2. The Labute approximate surface area is 151 Å². The Balaban J connectivity index is 1.97. The van der Waals surface area contributed by atoms with Gasteiger partial charge < -0.3 is 10.2 Å². The number of nitrogens with one attached hydrogen (secondary N) is 1. The summed E-state index contributed by atoms with van der Waals surface area (Å²) in [6.07, 6.45) is 3.05. The molecule has 0 saturated carbocycles. The highest BCUT2D eigenvalue weighted by Gasteiger charge is 2.19. The number of carbonyl (C=O) groups excluding carboxylic acids is 1. The van der Waals surface area contributed by atoms with Crippen molar-refractivity contribution in [1.29, 1.82) is 0 Å². The zero-order valence-corrected chi connectivity index (χ0v) is 14.9. The highest BCUT2D eigenvalue weighted by atomic mass is 16.2. The van der Waals surface area contributed by atoms with Gasteiger partial charge in [-0.3, -0.25) is 9.59 Å². The number of amides is 1. The molecule has 0 aliphatic heterocycles. The predicted octanol–water partition coefficient (Wildman–Crippen LogP) is 0.952. The zero-order chi connectivity index (χ0) is 18.5. The Bertz CT molecular complexity index is 943. The summed E-state index contributed by atoms with van der Waals surface area (Å²) in [4.78, 5) is 35.8. The lowest BCUT2D eigenvalue weighted by Crippen LogP contribution is -2.36. The highest BCUT2D eigenvalue weighted by molar-refractivity contribution is 5.94. The molecule has 1 N–H and O–H groups in total. The van der Waals surface area contributed by atoms with Crippen LogP contribution in [0.3, 0.4) is 0 Å². The van der Waals surface area contributed by atoms with E-state index >= 15 is 0 Å². The monoisotopic (exact) mass is 354 g/mol. The van der Waals surface area contributed by atoms with Crippen LogP contribution in [0.5, 0.6) is 0 Å². The van der Waals surface area contributed by atoms with Gasteiger partial charge in [-0.25, -0.2) is 14.6 Å². The summed E-state index contributed by atoms with van der Waals surface area (Å²) in [6.45, 7) is 7.32. The molecule has 3 rings (SSSR count). The molecule has 0 atom stereocenters. The summed E-state index contributed by atoms with van der Waals surface area (Å²) in [5.74, 6) is 0.208. The van der Waals surface area contributed by atoms with E-state index in [4.69, 9.17) is 0 Å². The van der Waals surface area contributed by atoms with Crippen molar-refractivity contribution < 1.29 is 4.79 Å². The first kappa shape index (κ1) is 17.8. The molecule has 8 nitrogen and oxygen atoms in total. The van der Waals surface area contributed by atoms with Crippen LogP contribution in [-0.2, 0) is 0 Å². The number of aromatic nitrogens is 4. The van der Waals surface area contributed by atoms with Crippen molar-refractivity contribution in [2.24, 2.45) is 0 Å². The van der Waals surface area contributed by atoms with Crippen LogP contribution in [-0.4, -0.2) is 56.2 Å². The van der Waals surface area contributed by atoms with Gasteiger partial charge in [0, 0.05) is 37.6 Å². The third kappa shape index (κ3) is 3.50. The van der Waals surface area contributed by atoms with Gasteiger partial charge in [-0.15, -0.1) is 0 Å². The van der Waals surface area contributed by atoms with Crippen molar-refractivity contribution in [3.05, 3.63) is 58.8 Å². The molecule has 0 aromatic carbocycles. The first-order valence-corrected chi connectivity index (χ1v) is 8.67. The van der Waals surface area contributed by atoms with E-state index in [9.17, 15) is 9.59 Å². The normalized spacial score (nSPS) is 11.2. The molecular weight excluding hydrogens is 332 g/mol. The predicted molar refractivity (Wildman–Crippen MR) is 98.7 cm³/mol. The van der Waals surface area contributed by atoms with Crippen molar-refractivity contribution in [3.63, 3.8) is 0 Å². The van der Waals surface area contributed by atoms with Gasteiger partial charge in [0.15, 0.2) is 11.5 Å². The average Bonchev–Trinajstić information content (AvgIpc) is 3.07. The van der Waals surface area contributed by atoms with E-state index in [1.54, 1.807) is 30.5 Å². The number of likely N-dealkylation sites (N-methyl/N-ethyl adjacent to an activating group) is 1. The molecule has 1 amide bonds. The molecule has 0 bridgehead atoms. The fourth-order valence-electron chi connectivity index (χ4n) is 2.83. The molecule has 136 valence electrons. The molecule has 3 heterocycles. The number of carbonyl (C=O) groups is 1. The van der Waals surface area contributed by atoms with Gasteiger partial charge in [0.2, 0.25) is 0 Å². The molecule has 0 unspecified atom stereocenters. The van der Waals surface area contributed by atoms with Crippen LogP contribution in [0.2, 0.25) is 0 Å². The quantitative estimate of drug-likeness (QED) is 0.683. The van der Waals surface area contributed by atoms with Crippen molar-refractivity contribution in [3.8, 4) is 5.82 Å². The largest absolute Gasteiger partial charge is 0.349 e. The maximum absolute atomic E-state index is 12.8. The van der Waals surface area contributed by atoms with Gasteiger partial charge in [-0.05, 0) is 25.2 Å². The summed E-state index contributed by atoms with van der Waals surface area (Å²) in [7, 11) is 0. The molecule has 0 saturated heterocycles. The maximum Gasteiger partial charge on any atom is 0.273 e. The Morgan fingerprint density at radius 1 is 1.15 bits per heavy atom.